The molecule has 0 saturated carbocycles. The number of rotatable bonds is 3. The highest BCUT2D eigenvalue weighted by molar-refractivity contribution is 9.10. The molecular formula is C11H12BrN3S. The molecule has 0 aliphatic carbocycles. The van der Waals surface area contributed by atoms with Gasteiger partial charge in [0.15, 0.2) is 5.16 Å². The van der Waals surface area contributed by atoms with Gasteiger partial charge in [-0.3, -0.25) is 0 Å². The maximum Gasteiger partial charge on any atom is 0.170 e. The van der Waals surface area contributed by atoms with E-state index in [1.54, 1.807) is 18.0 Å². The van der Waals surface area contributed by atoms with Crippen LogP contribution in [-0.4, -0.2) is 9.97 Å². The van der Waals surface area contributed by atoms with Gasteiger partial charge in [0, 0.05) is 27.8 Å². The quantitative estimate of drug-likeness (QED) is 0.913. The van der Waals surface area contributed by atoms with Crippen LogP contribution in [0.3, 0.4) is 0 Å². The number of aromatic amines is 1. The lowest BCUT2D eigenvalue weighted by Gasteiger charge is -2.08. The van der Waals surface area contributed by atoms with Gasteiger partial charge in [-0.25, -0.2) is 4.98 Å². The molecule has 0 radical (unpaired) electrons. The molecule has 1 aromatic carbocycles. The third-order valence-electron chi connectivity index (χ3n) is 2.16. The zero-order chi connectivity index (χ0) is 11.5. The van der Waals surface area contributed by atoms with Crippen molar-refractivity contribution in [2.24, 2.45) is 5.73 Å². The van der Waals surface area contributed by atoms with Gasteiger partial charge in [-0.2, -0.15) is 0 Å². The van der Waals surface area contributed by atoms with Crippen molar-refractivity contribution in [3.63, 3.8) is 0 Å². The highest BCUT2D eigenvalue weighted by atomic mass is 79.9. The van der Waals surface area contributed by atoms with E-state index in [1.807, 2.05) is 19.2 Å². The van der Waals surface area contributed by atoms with Crippen LogP contribution in [0.4, 0.5) is 0 Å². The first-order valence-electron chi connectivity index (χ1n) is 4.89. The standard InChI is InChI=1S/C11H12BrN3S/c1-7(13)8-2-3-10(9(12)6-8)16-11-14-4-5-15-11/h2-7H,13H2,1H3,(H,14,15). The van der Waals surface area contributed by atoms with E-state index in [1.165, 1.54) is 0 Å². The van der Waals surface area contributed by atoms with Crippen molar-refractivity contribution in [3.8, 4) is 0 Å². The molecule has 2 aromatic rings. The second-order valence-electron chi connectivity index (χ2n) is 3.47. The molecule has 84 valence electrons. The molecular weight excluding hydrogens is 286 g/mol. The second-order valence-corrected chi connectivity index (χ2v) is 5.36. The maximum atomic E-state index is 5.82. The van der Waals surface area contributed by atoms with Crippen molar-refractivity contribution < 1.29 is 0 Å². The Morgan fingerprint density at radius 3 is 2.88 bits per heavy atom. The molecule has 0 spiro atoms. The number of hydrogen-bond donors (Lipinski definition) is 2. The first kappa shape index (κ1) is 11.7. The predicted octanol–water partition coefficient (Wildman–Crippen LogP) is 3.34. The molecule has 3 nitrogen and oxygen atoms in total. The van der Waals surface area contributed by atoms with E-state index in [2.05, 4.69) is 38.0 Å². The van der Waals surface area contributed by atoms with Gasteiger partial charge in [0.05, 0.1) is 0 Å². The van der Waals surface area contributed by atoms with Crippen LogP contribution in [0.5, 0.6) is 0 Å². The average Bonchev–Trinajstić information content (AvgIpc) is 2.73. The van der Waals surface area contributed by atoms with Crippen LogP contribution in [0.2, 0.25) is 0 Å². The summed E-state index contributed by atoms with van der Waals surface area (Å²) in [6.07, 6.45) is 3.55. The highest BCUT2D eigenvalue weighted by Gasteiger charge is 2.06. The molecule has 2 rings (SSSR count). The van der Waals surface area contributed by atoms with Gasteiger partial charge in [0.1, 0.15) is 0 Å². The lowest BCUT2D eigenvalue weighted by molar-refractivity contribution is 0.815. The van der Waals surface area contributed by atoms with Gasteiger partial charge >= 0.3 is 0 Å². The monoisotopic (exact) mass is 297 g/mol. The molecule has 0 fully saturated rings. The molecule has 1 atom stereocenters. The van der Waals surface area contributed by atoms with Crippen molar-refractivity contribution in [1.29, 1.82) is 0 Å². The number of benzene rings is 1. The smallest absolute Gasteiger partial charge is 0.170 e. The number of halogens is 1. The summed E-state index contributed by atoms with van der Waals surface area (Å²) in [6.45, 7) is 1.97. The van der Waals surface area contributed by atoms with Gasteiger partial charge < -0.3 is 10.7 Å². The summed E-state index contributed by atoms with van der Waals surface area (Å²) in [5.41, 5.74) is 6.94. The van der Waals surface area contributed by atoms with E-state index >= 15 is 0 Å². The minimum atomic E-state index is 0.0546. The minimum absolute atomic E-state index is 0.0546. The third kappa shape index (κ3) is 2.66. The van der Waals surface area contributed by atoms with E-state index in [-0.39, 0.29) is 6.04 Å². The summed E-state index contributed by atoms with van der Waals surface area (Å²) in [5.74, 6) is 0. The summed E-state index contributed by atoms with van der Waals surface area (Å²) in [6, 6.07) is 6.20. The van der Waals surface area contributed by atoms with Crippen LogP contribution < -0.4 is 5.73 Å². The number of nitrogens with zero attached hydrogens (tertiary/aromatic N) is 1. The first-order chi connectivity index (χ1) is 7.66. The van der Waals surface area contributed by atoms with Gasteiger partial charge in [0.25, 0.3) is 0 Å². The van der Waals surface area contributed by atoms with Crippen LogP contribution in [0.15, 0.2) is 45.1 Å². The average molecular weight is 298 g/mol. The number of imidazole rings is 1. The van der Waals surface area contributed by atoms with Crippen LogP contribution >= 0.6 is 27.7 Å². The van der Waals surface area contributed by atoms with Gasteiger partial charge in [-0.15, -0.1) is 0 Å². The first-order valence-corrected chi connectivity index (χ1v) is 6.50. The molecule has 0 bridgehead atoms. The van der Waals surface area contributed by atoms with Gasteiger partial charge in [-0.05, 0) is 40.5 Å². The lowest BCUT2D eigenvalue weighted by atomic mass is 10.1. The maximum absolute atomic E-state index is 5.82. The van der Waals surface area contributed by atoms with Crippen molar-refractivity contribution in [2.75, 3.05) is 0 Å². The Morgan fingerprint density at radius 1 is 1.50 bits per heavy atom. The molecule has 0 saturated heterocycles. The molecule has 16 heavy (non-hydrogen) atoms. The summed E-state index contributed by atoms with van der Waals surface area (Å²) in [5, 5.41) is 0.884. The summed E-state index contributed by atoms with van der Waals surface area (Å²) in [7, 11) is 0. The Balaban J connectivity index is 2.23. The largest absolute Gasteiger partial charge is 0.339 e. The molecule has 0 aliphatic rings. The van der Waals surface area contributed by atoms with Crippen molar-refractivity contribution in [3.05, 3.63) is 40.6 Å². The van der Waals surface area contributed by atoms with E-state index < -0.39 is 0 Å². The van der Waals surface area contributed by atoms with Crippen molar-refractivity contribution in [1.82, 2.24) is 9.97 Å². The lowest BCUT2D eigenvalue weighted by Crippen LogP contribution is -2.04. The number of H-pyrrole nitrogens is 1. The molecule has 1 unspecified atom stereocenters. The fourth-order valence-electron chi connectivity index (χ4n) is 1.29. The fraction of sp³-hybridized carbons (Fsp3) is 0.182. The molecule has 0 amide bonds. The Hall–Kier alpha value is -0.780. The van der Waals surface area contributed by atoms with E-state index in [0.29, 0.717) is 0 Å². The Labute approximate surface area is 107 Å². The molecule has 1 aromatic heterocycles. The SMILES string of the molecule is CC(N)c1ccc(Sc2ncc[nH]2)c(Br)c1. The predicted molar refractivity (Wildman–Crippen MR) is 69.5 cm³/mol. The van der Waals surface area contributed by atoms with E-state index in [4.69, 9.17) is 5.73 Å². The number of nitrogens with two attached hydrogens (primary N) is 1. The van der Waals surface area contributed by atoms with Crippen LogP contribution in [0.1, 0.15) is 18.5 Å². The van der Waals surface area contributed by atoms with E-state index in [9.17, 15) is 0 Å². The zero-order valence-electron chi connectivity index (χ0n) is 8.77. The Kier molecular flexibility index (Phi) is 3.68. The summed E-state index contributed by atoms with van der Waals surface area (Å²) < 4.78 is 1.05. The molecule has 1 heterocycles. The number of aromatic nitrogens is 2. The van der Waals surface area contributed by atoms with Crippen molar-refractivity contribution in [2.45, 2.75) is 23.0 Å². The van der Waals surface area contributed by atoms with Crippen molar-refractivity contribution >= 4 is 27.7 Å². The second kappa shape index (κ2) is 5.03. The Bertz CT molecular complexity index is 468. The minimum Gasteiger partial charge on any atom is -0.339 e. The number of hydrogen-bond acceptors (Lipinski definition) is 3. The molecule has 3 N–H and O–H groups in total. The van der Waals surface area contributed by atoms with Gasteiger partial charge in [0.2, 0.25) is 0 Å². The van der Waals surface area contributed by atoms with Gasteiger partial charge in [-0.1, -0.05) is 17.8 Å². The van der Waals surface area contributed by atoms with Crippen LogP contribution in [-0.2, 0) is 0 Å². The molecule has 5 heteroatoms. The summed E-state index contributed by atoms with van der Waals surface area (Å²) in [4.78, 5) is 8.35. The molecule has 0 aliphatic heterocycles. The Morgan fingerprint density at radius 2 is 2.31 bits per heavy atom. The fourth-order valence-corrected chi connectivity index (χ4v) is 2.67. The third-order valence-corrected chi connectivity index (χ3v) is 4.07. The highest BCUT2D eigenvalue weighted by Crippen LogP contribution is 2.32. The number of nitrogens with one attached hydrogen (secondary N) is 1. The normalized spacial score (nSPS) is 12.7. The van der Waals surface area contributed by atoms with E-state index in [0.717, 1.165) is 20.1 Å². The summed E-state index contributed by atoms with van der Waals surface area (Å²) >= 11 is 5.13. The topological polar surface area (TPSA) is 54.7 Å². The van der Waals surface area contributed by atoms with Crippen LogP contribution in [0, 0.1) is 0 Å². The zero-order valence-corrected chi connectivity index (χ0v) is 11.2. The van der Waals surface area contributed by atoms with Crippen LogP contribution in [0.25, 0.3) is 0 Å².